The number of amides is 2. The van der Waals surface area contributed by atoms with Crippen LogP contribution in [0.4, 0.5) is 0 Å². The smallest absolute Gasteiger partial charge is 0.326 e. The number of hydrogen-bond acceptors (Lipinski definition) is 4. The van der Waals surface area contributed by atoms with E-state index in [4.69, 9.17) is 4.74 Å². The number of piperidine rings is 1. The topological polar surface area (TPSA) is 95.9 Å². The van der Waals surface area contributed by atoms with Gasteiger partial charge >= 0.3 is 5.97 Å². The zero-order chi connectivity index (χ0) is 19.1. The molecule has 2 N–H and O–H groups in total. The minimum absolute atomic E-state index is 0.00650. The van der Waals surface area contributed by atoms with Crippen molar-refractivity contribution in [2.45, 2.75) is 51.6 Å². The highest BCUT2D eigenvalue weighted by Gasteiger charge is 2.33. The van der Waals surface area contributed by atoms with Crippen molar-refractivity contribution in [3.05, 3.63) is 29.8 Å². The second-order valence-electron chi connectivity index (χ2n) is 6.37. The molecule has 142 valence electrons. The standard InChI is InChI=1S/C19H26N2O5/c1-3-26-17-10-5-4-8-14(17)15(20-13(2)22)12-18(23)21-11-7-6-9-16(21)19(24)25/h4-5,8,10,15-16H,3,6-7,9,11-12H2,1-2H3,(H,20,22)(H,24,25)/t15-,16+/m0/s1. The molecule has 0 bridgehead atoms. The summed E-state index contributed by atoms with van der Waals surface area (Å²) in [4.78, 5) is 37.4. The van der Waals surface area contributed by atoms with E-state index in [1.54, 1.807) is 6.07 Å². The van der Waals surface area contributed by atoms with Gasteiger partial charge in [-0.3, -0.25) is 9.59 Å². The number of nitrogens with one attached hydrogen (secondary N) is 1. The first kappa shape index (κ1) is 19.8. The van der Waals surface area contributed by atoms with Crippen LogP contribution in [0, 0.1) is 0 Å². The van der Waals surface area contributed by atoms with E-state index in [9.17, 15) is 19.5 Å². The minimum atomic E-state index is -0.983. The number of carboxylic acid groups (broad SMARTS) is 1. The molecule has 0 saturated carbocycles. The highest BCUT2D eigenvalue weighted by atomic mass is 16.5. The summed E-state index contributed by atoms with van der Waals surface area (Å²) in [6.07, 6.45) is 2.04. The first-order chi connectivity index (χ1) is 12.4. The van der Waals surface area contributed by atoms with E-state index in [0.717, 1.165) is 12.8 Å². The molecule has 26 heavy (non-hydrogen) atoms. The molecule has 1 heterocycles. The molecule has 1 aromatic rings. The predicted molar refractivity (Wildman–Crippen MR) is 95.8 cm³/mol. The van der Waals surface area contributed by atoms with Crippen molar-refractivity contribution in [3.8, 4) is 5.75 Å². The number of para-hydroxylation sites is 1. The van der Waals surface area contributed by atoms with Crippen LogP contribution in [0.25, 0.3) is 0 Å². The number of nitrogens with zero attached hydrogens (tertiary/aromatic N) is 1. The van der Waals surface area contributed by atoms with Gasteiger partial charge in [0.25, 0.3) is 0 Å². The van der Waals surface area contributed by atoms with Crippen LogP contribution in [0.2, 0.25) is 0 Å². The number of carboxylic acids is 1. The van der Waals surface area contributed by atoms with Gasteiger partial charge in [-0.05, 0) is 32.3 Å². The Balaban J connectivity index is 2.23. The molecule has 2 amide bonds. The van der Waals surface area contributed by atoms with Crippen molar-refractivity contribution in [1.82, 2.24) is 10.2 Å². The Morgan fingerprint density at radius 2 is 2.04 bits per heavy atom. The summed E-state index contributed by atoms with van der Waals surface area (Å²) in [6.45, 7) is 4.14. The Morgan fingerprint density at radius 3 is 2.69 bits per heavy atom. The summed E-state index contributed by atoms with van der Waals surface area (Å²) in [5, 5.41) is 12.2. The van der Waals surface area contributed by atoms with Crippen LogP contribution in [0.1, 0.15) is 51.1 Å². The molecule has 1 aliphatic rings. The van der Waals surface area contributed by atoms with Gasteiger partial charge in [0.1, 0.15) is 11.8 Å². The fourth-order valence-electron chi connectivity index (χ4n) is 3.32. The van der Waals surface area contributed by atoms with Gasteiger partial charge in [-0.1, -0.05) is 18.2 Å². The zero-order valence-corrected chi connectivity index (χ0v) is 15.2. The predicted octanol–water partition coefficient (Wildman–Crippen LogP) is 2.12. The summed E-state index contributed by atoms with van der Waals surface area (Å²) >= 11 is 0. The lowest BCUT2D eigenvalue weighted by Crippen LogP contribution is -2.48. The van der Waals surface area contributed by atoms with Crippen molar-refractivity contribution >= 4 is 17.8 Å². The first-order valence-corrected chi connectivity index (χ1v) is 8.95. The quantitative estimate of drug-likeness (QED) is 0.774. The Kier molecular flexibility index (Phi) is 7.00. The Labute approximate surface area is 153 Å². The maximum atomic E-state index is 12.8. The molecule has 1 aliphatic heterocycles. The SMILES string of the molecule is CCOc1ccccc1[C@H](CC(=O)N1CCCC[C@@H]1C(=O)O)NC(C)=O. The summed E-state index contributed by atoms with van der Waals surface area (Å²) in [5.41, 5.74) is 0.710. The van der Waals surface area contributed by atoms with Crippen molar-refractivity contribution in [2.75, 3.05) is 13.2 Å². The molecule has 1 aromatic carbocycles. The van der Waals surface area contributed by atoms with Gasteiger partial charge in [-0.25, -0.2) is 4.79 Å². The van der Waals surface area contributed by atoms with Crippen LogP contribution in [-0.4, -0.2) is 47.0 Å². The highest BCUT2D eigenvalue weighted by molar-refractivity contribution is 5.85. The number of carbonyl (C=O) groups excluding carboxylic acids is 2. The van der Waals surface area contributed by atoms with Gasteiger partial charge in [-0.15, -0.1) is 0 Å². The Morgan fingerprint density at radius 1 is 1.31 bits per heavy atom. The third-order valence-electron chi connectivity index (χ3n) is 4.46. The Bertz CT molecular complexity index is 661. The average Bonchev–Trinajstić information content (AvgIpc) is 2.61. The van der Waals surface area contributed by atoms with Gasteiger partial charge in [0.05, 0.1) is 19.1 Å². The molecule has 1 saturated heterocycles. The molecule has 2 rings (SSSR count). The first-order valence-electron chi connectivity index (χ1n) is 8.95. The van der Waals surface area contributed by atoms with E-state index < -0.39 is 18.1 Å². The fourth-order valence-corrected chi connectivity index (χ4v) is 3.32. The third kappa shape index (κ3) is 4.97. The maximum absolute atomic E-state index is 12.8. The zero-order valence-electron chi connectivity index (χ0n) is 15.2. The monoisotopic (exact) mass is 362 g/mol. The Hall–Kier alpha value is -2.57. The summed E-state index contributed by atoms with van der Waals surface area (Å²) in [7, 11) is 0. The van der Waals surface area contributed by atoms with Crippen molar-refractivity contribution in [3.63, 3.8) is 0 Å². The number of aliphatic carboxylic acids is 1. The number of carbonyl (C=O) groups is 3. The van der Waals surface area contributed by atoms with Crippen LogP contribution < -0.4 is 10.1 Å². The third-order valence-corrected chi connectivity index (χ3v) is 4.46. The van der Waals surface area contributed by atoms with Crippen molar-refractivity contribution < 1.29 is 24.2 Å². The number of benzene rings is 1. The van der Waals surface area contributed by atoms with Crippen LogP contribution >= 0.6 is 0 Å². The lowest BCUT2D eigenvalue weighted by atomic mass is 9.98. The fraction of sp³-hybridized carbons (Fsp3) is 0.526. The maximum Gasteiger partial charge on any atom is 0.326 e. The normalized spacial score (nSPS) is 18.1. The molecule has 0 radical (unpaired) electrons. The summed E-state index contributed by atoms with van der Waals surface area (Å²) in [6, 6.07) is 5.88. The number of likely N-dealkylation sites (tertiary alicyclic amines) is 1. The van der Waals surface area contributed by atoms with Crippen LogP contribution in [0.5, 0.6) is 5.75 Å². The second-order valence-corrected chi connectivity index (χ2v) is 6.37. The highest BCUT2D eigenvalue weighted by Crippen LogP contribution is 2.29. The van der Waals surface area contributed by atoms with Gasteiger partial charge < -0.3 is 20.1 Å². The average molecular weight is 362 g/mol. The molecule has 7 nitrogen and oxygen atoms in total. The lowest BCUT2D eigenvalue weighted by Gasteiger charge is -2.34. The number of rotatable bonds is 7. The molecule has 0 spiro atoms. The van der Waals surface area contributed by atoms with E-state index in [1.807, 2.05) is 25.1 Å². The van der Waals surface area contributed by atoms with E-state index in [2.05, 4.69) is 5.32 Å². The van der Waals surface area contributed by atoms with Crippen molar-refractivity contribution in [2.24, 2.45) is 0 Å². The molecule has 1 fully saturated rings. The molecule has 0 aliphatic carbocycles. The van der Waals surface area contributed by atoms with Gasteiger partial charge in [0.15, 0.2) is 0 Å². The largest absolute Gasteiger partial charge is 0.494 e. The lowest BCUT2D eigenvalue weighted by molar-refractivity contribution is -0.152. The van der Waals surface area contributed by atoms with Gasteiger partial charge in [0, 0.05) is 19.0 Å². The van der Waals surface area contributed by atoms with E-state index in [0.29, 0.717) is 30.9 Å². The minimum Gasteiger partial charge on any atom is -0.494 e. The summed E-state index contributed by atoms with van der Waals surface area (Å²) < 4.78 is 5.62. The second kappa shape index (κ2) is 9.22. The van der Waals surface area contributed by atoms with Crippen LogP contribution in [-0.2, 0) is 14.4 Å². The molecular formula is C19H26N2O5. The van der Waals surface area contributed by atoms with Gasteiger partial charge in [0.2, 0.25) is 11.8 Å². The molecule has 0 aromatic heterocycles. The molecule has 7 heteroatoms. The molecular weight excluding hydrogens is 336 g/mol. The summed E-state index contributed by atoms with van der Waals surface area (Å²) in [5.74, 6) is -0.913. The van der Waals surface area contributed by atoms with E-state index >= 15 is 0 Å². The number of ether oxygens (including phenoxy) is 1. The van der Waals surface area contributed by atoms with E-state index in [-0.39, 0.29) is 18.2 Å². The van der Waals surface area contributed by atoms with Crippen LogP contribution in [0.3, 0.4) is 0 Å². The molecule has 2 atom stereocenters. The van der Waals surface area contributed by atoms with E-state index in [1.165, 1.54) is 11.8 Å². The number of hydrogen-bond donors (Lipinski definition) is 2. The van der Waals surface area contributed by atoms with Gasteiger partial charge in [-0.2, -0.15) is 0 Å². The van der Waals surface area contributed by atoms with Crippen molar-refractivity contribution in [1.29, 1.82) is 0 Å². The van der Waals surface area contributed by atoms with Crippen LogP contribution in [0.15, 0.2) is 24.3 Å². The molecule has 0 unspecified atom stereocenters.